The number of carbonyl (C=O) groups excluding carboxylic acids is 1. The van der Waals surface area contributed by atoms with Crippen LogP contribution in [0.1, 0.15) is 10.5 Å². The number of anilines is 1. The van der Waals surface area contributed by atoms with Crippen LogP contribution in [-0.4, -0.2) is 25.6 Å². The fourth-order valence-electron chi connectivity index (χ4n) is 0.592. The summed E-state index contributed by atoms with van der Waals surface area (Å²) in [4.78, 5) is 14.2. The molecule has 8 heteroatoms. The molecule has 0 aliphatic heterocycles. The molecule has 1 rings (SSSR count). The molecule has 1 heterocycles. The van der Waals surface area contributed by atoms with Gasteiger partial charge in [-0.15, -0.1) is 11.3 Å². The molecular weight excluding hydrogens is 214 g/mol. The van der Waals surface area contributed by atoms with Crippen LogP contribution in [0.4, 0.5) is 5.13 Å². The maximum Gasteiger partial charge on any atom is 0.268 e. The van der Waals surface area contributed by atoms with Crippen molar-refractivity contribution in [3.63, 3.8) is 0 Å². The molecular formula is C5H7N3O3S2. The maximum atomic E-state index is 10.7. The smallest absolute Gasteiger partial charge is 0.268 e. The standard InChI is InChI=1S/C5H7N3O3S2/c1-13(10,11)8-5-7-3(2-12-5)4(6)9/h2H,1H3,(H2,6,9)(H,7,8). The average Bonchev–Trinajstić information content (AvgIpc) is 2.31. The lowest BCUT2D eigenvalue weighted by Gasteiger charge is -1.95. The number of nitrogens with zero attached hydrogens (tertiary/aromatic N) is 1. The molecule has 0 aliphatic rings. The third-order valence-corrected chi connectivity index (χ3v) is 2.48. The van der Waals surface area contributed by atoms with Crippen LogP contribution in [0.15, 0.2) is 5.38 Å². The summed E-state index contributed by atoms with van der Waals surface area (Å²) in [5, 5.41) is 1.52. The van der Waals surface area contributed by atoms with E-state index in [1.807, 2.05) is 0 Å². The third-order valence-electron chi connectivity index (χ3n) is 1.03. The lowest BCUT2D eigenvalue weighted by atomic mass is 10.5. The van der Waals surface area contributed by atoms with Crippen LogP contribution in [0.2, 0.25) is 0 Å². The Morgan fingerprint density at radius 2 is 2.31 bits per heavy atom. The van der Waals surface area contributed by atoms with E-state index in [0.29, 0.717) is 0 Å². The van der Waals surface area contributed by atoms with E-state index in [1.54, 1.807) is 0 Å². The minimum Gasteiger partial charge on any atom is -0.364 e. The molecule has 0 aliphatic carbocycles. The molecule has 0 saturated carbocycles. The molecule has 13 heavy (non-hydrogen) atoms. The molecule has 0 saturated heterocycles. The Labute approximate surface area is 78.8 Å². The van der Waals surface area contributed by atoms with Gasteiger partial charge in [-0.05, 0) is 0 Å². The molecule has 0 radical (unpaired) electrons. The summed E-state index contributed by atoms with van der Waals surface area (Å²) >= 11 is 1.00. The van der Waals surface area contributed by atoms with Crippen molar-refractivity contribution in [3.8, 4) is 0 Å². The van der Waals surface area contributed by atoms with Gasteiger partial charge in [0.05, 0.1) is 6.26 Å². The number of thiazole rings is 1. The van der Waals surface area contributed by atoms with Gasteiger partial charge in [0, 0.05) is 5.38 Å². The predicted octanol–water partition coefficient (Wildman–Crippen LogP) is -0.387. The molecule has 0 bridgehead atoms. The largest absolute Gasteiger partial charge is 0.364 e. The van der Waals surface area contributed by atoms with E-state index in [4.69, 9.17) is 5.73 Å². The van der Waals surface area contributed by atoms with Gasteiger partial charge in [-0.25, -0.2) is 13.4 Å². The van der Waals surface area contributed by atoms with Crippen molar-refractivity contribution in [1.82, 2.24) is 4.98 Å². The summed E-state index contributed by atoms with van der Waals surface area (Å²) in [6.07, 6.45) is 0.998. The van der Waals surface area contributed by atoms with Gasteiger partial charge >= 0.3 is 0 Å². The van der Waals surface area contributed by atoms with E-state index in [-0.39, 0.29) is 10.8 Å². The van der Waals surface area contributed by atoms with Crippen LogP contribution in [-0.2, 0) is 10.0 Å². The second-order valence-corrected chi connectivity index (χ2v) is 4.88. The van der Waals surface area contributed by atoms with E-state index in [1.165, 1.54) is 5.38 Å². The summed E-state index contributed by atoms with van der Waals surface area (Å²) in [6, 6.07) is 0. The van der Waals surface area contributed by atoms with Gasteiger partial charge in [-0.1, -0.05) is 0 Å². The normalized spacial score (nSPS) is 11.2. The van der Waals surface area contributed by atoms with Gasteiger partial charge < -0.3 is 5.73 Å². The number of primary amides is 1. The number of sulfonamides is 1. The minimum absolute atomic E-state index is 0.0520. The number of nitrogens with two attached hydrogens (primary N) is 1. The van der Waals surface area contributed by atoms with E-state index in [9.17, 15) is 13.2 Å². The minimum atomic E-state index is -3.34. The zero-order valence-electron chi connectivity index (χ0n) is 6.64. The summed E-state index contributed by atoms with van der Waals surface area (Å²) in [6.45, 7) is 0. The fourth-order valence-corrected chi connectivity index (χ4v) is 2.14. The monoisotopic (exact) mass is 221 g/mol. The molecule has 0 unspecified atom stereocenters. The van der Waals surface area contributed by atoms with Crippen LogP contribution >= 0.6 is 11.3 Å². The molecule has 1 aromatic heterocycles. The van der Waals surface area contributed by atoms with Gasteiger partial charge in [0.1, 0.15) is 5.69 Å². The van der Waals surface area contributed by atoms with Crippen LogP contribution in [0.25, 0.3) is 0 Å². The van der Waals surface area contributed by atoms with Crippen LogP contribution < -0.4 is 10.5 Å². The highest BCUT2D eigenvalue weighted by atomic mass is 32.2. The summed E-state index contributed by atoms with van der Waals surface area (Å²) < 4.78 is 23.6. The van der Waals surface area contributed by atoms with Crippen molar-refractivity contribution in [1.29, 1.82) is 0 Å². The van der Waals surface area contributed by atoms with Crippen LogP contribution in [0.3, 0.4) is 0 Å². The van der Waals surface area contributed by atoms with Crippen LogP contribution in [0.5, 0.6) is 0 Å². The van der Waals surface area contributed by atoms with Crippen LogP contribution in [0, 0.1) is 0 Å². The molecule has 6 nitrogen and oxygen atoms in total. The Balaban J connectivity index is 2.87. The number of amides is 1. The van der Waals surface area contributed by atoms with E-state index >= 15 is 0 Å². The number of rotatable bonds is 3. The number of carbonyl (C=O) groups is 1. The van der Waals surface area contributed by atoms with Gasteiger partial charge in [0.15, 0.2) is 5.13 Å². The lowest BCUT2D eigenvalue weighted by molar-refractivity contribution is 0.0996. The lowest BCUT2D eigenvalue weighted by Crippen LogP contribution is -2.13. The van der Waals surface area contributed by atoms with Gasteiger partial charge in [0.25, 0.3) is 5.91 Å². The Kier molecular flexibility index (Phi) is 2.52. The number of hydrogen-bond acceptors (Lipinski definition) is 5. The number of hydrogen-bond donors (Lipinski definition) is 2. The Morgan fingerprint density at radius 3 is 2.69 bits per heavy atom. The van der Waals surface area contributed by atoms with Gasteiger partial charge in [-0.2, -0.15) is 0 Å². The van der Waals surface area contributed by atoms with Gasteiger partial charge in [0.2, 0.25) is 10.0 Å². The summed E-state index contributed by atoms with van der Waals surface area (Å²) in [7, 11) is -3.34. The van der Waals surface area contributed by atoms with E-state index in [2.05, 4.69) is 9.71 Å². The molecule has 3 N–H and O–H groups in total. The quantitative estimate of drug-likeness (QED) is 0.725. The third kappa shape index (κ3) is 2.99. The number of aromatic nitrogens is 1. The highest BCUT2D eigenvalue weighted by molar-refractivity contribution is 7.92. The Morgan fingerprint density at radius 1 is 1.69 bits per heavy atom. The average molecular weight is 221 g/mol. The molecule has 1 aromatic rings. The molecule has 1 amide bonds. The summed E-state index contributed by atoms with van der Waals surface area (Å²) in [5.74, 6) is -0.683. The Hall–Kier alpha value is -1.15. The zero-order chi connectivity index (χ0) is 10.1. The van der Waals surface area contributed by atoms with E-state index in [0.717, 1.165) is 17.6 Å². The molecule has 0 aromatic carbocycles. The predicted molar refractivity (Wildman–Crippen MR) is 49.1 cm³/mol. The molecule has 0 atom stereocenters. The van der Waals surface area contributed by atoms with Crippen molar-refractivity contribution < 1.29 is 13.2 Å². The first-order chi connectivity index (χ1) is 5.88. The van der Waals surface area contributed by atoms with Crippen molar-refractivity contribution in [2.75, 3.05) is 11.0 Å². The molecule has 0 fully saturated rings. The van der Waals surface area contributed by atoms with Crippen molar-refractivity contribution in [2.24, 2.45) is 5.73 Å². The highest BCUT2D eigenvalue weighted by Gasteiger charge is 2.09. The Bertz CT molecular complexity index is 422. The van der Waals surface area contributed by atoms with E-state index < -0.39 is 15.9 Å². The molecule has 0 spiro atoms. The molecule has 72 valence electrons. The number of nitrogens with one attached hydrogen (secondary N) is 1. The highest BCUT2D eigenvalue weighted by Crippen LogP contribution is 2.15. The SMILES string of the molecule is CS(=O)(=O)Nc1nc(C(N)=O)cs1. The van der Waals surface area contributed by atoms with Crippen molar-refractivity contribution >= 4 is 32.4 Å². The fraction of sp³-hybridized carbons (Fsp3) is 0.200. The second kappa shape index (κ2) is 3.30. The zero-order valence-corrected chi connectivity index (χ0v) is 8.28. The first kappa shape index (κ1) is 9.93. The second-order valence-electron chi connectivity index (χ2n) is 2.28. The van der Waals surface area contributed by atoms with Gasteiger partial charge in [-0.3, -0.25) is 9.52 Å². The first-order valence-corrected chi connectivity index (χ1v) is 5.89. The summed E-state index contributed by atoms with van der Waals surface area (Å²) in [5.41, 5.74) is 4.97. The first-order valence-electron chi connectivity index (χ1n) is 3.11. The topological polar surface area (TPSA) is 102 Å². The maximum absolute atomic E-state index is 10.7. The van der Waals surface area contributed by atoms with Crippen molar-refractivity contribution in [3.05, 3.63) is 11.1 Å². The van der Waals surface area contributed by atoms with Crippen molar-refractivity contribution in [2.45, 2.75) is 0 Å².